The van der Waals surface area contributed by atoms with Gasteiger partial charge in [0.05, 0.1) is 11.1 Å². The highest BCUT2D eigenvalue weighted by molar-refractivity contribution is 7.99. The average Bonchev–Trinajstić information content (AvgIpc) is 2.92. The van der Waals surface area contributed by atoms with Crippen LogP contribution in [0.4, 0.5) is 4.39 Å². The lowest BCUT2D eigenvalue weighted by atomic mass is 10.1. The Morgan fingerprint density at radius 2 is 2.00 bits per heavy atom. The van der Waals surface area contributed by atoms with E-state index in [0.29, 0.717) is 28.3 Å². The van der Waals surface area contributed by atoms with Crippen molar-refractivity contribution in [2.45, 2.75) is 25.4 Å². The number of thioether (sulfide) groups is 1. The van der Waals surface area contributed by atoms with E-state index in [1.54, 1.807) is 19.2 Å². The van der Waals surface area contributed by atoms with Gasteiger partial charge in [-0.25, -0.2) is 9.37 Å². The van der Waals surface area contributed by atoms with E-state index >= 15 is 0 Å². The van der Waals surface area contributed by atoms with Crippen molar-refractivity contribution in [3.05, 3.63) is 56.4 Å². The summed E-state index contributed by atoms with van der Waals surface area (Å²) in [6.45, 7) is 4.38. The summed E-state index contributed by atoms with van der Waals surface area (Å²) in [6, 6.07) is 6.22. The summed E-state index contributed by atoms with van der Waals surface area (Å²) in [4.78, 5) is 31.0. The Morgan fingerprint density at radius 3 is 2.70 bits per heavy atom. The van der Waals surface area contributed by atoms with Crippen LogP contribution in [0.3, 0.4) is 0 Å². The number of aromatic nitrogens is 2. The van der Waals surface area contributed by atoms with Crippen molar-refractivity contribution < 1.29 is 9.18 Å². The number of nitrogens with one attached hydrogen (secondary N) is 1. The molecule has 2 heterocycles. The Morgan fingerprint density at radius 1 is 1.30 bits per heavy atom. The first kappa shape index (κ1) is 19.6. The number of benzene rings is 1. The molecule has 1 amide bonds. The normalized spacial score (nSPS) is 11.1. The van der Waals surface area contributed by atoms with Crippen molar-refractivity contribution in [1.29, 1.82) is 0 Å². The third-order valence-corrected chi connectivity index (χ3v) is 6.48. The molecule has 142 valence electrons. The van der Waals surface area contributed by atoms with Crippen LogP contribution in [-0.4, -0.2) is 27.8 Å². The van der Waals surface area contributed by atoms with Gasteiger partial charge < -0.3 is 5.32 Å². The van der Waals surface area contributed by atoms with Gasteiger partial charge in [-0.05, 0) is 43.5 Å². The molecule has 1 N–H and O–H groups in total. The van der Waals surface area contributed by atoms with E-state index in [1.165, 1.54) is 39.8 Å². The van der Waals surface area contributed by atoms with E-state index in [4.69, 9.17) is 0 Å². The Balaban J connectivity index is 1.59. The Hall–Kier alpha value is -2.19. The standard InChI is InChI=1S/C19H20FN3O2S2/c1-11-12(2)27-17-16(11)18(25)23(3)19(22-17)26-10-15(24)21-9-8-13-4-6-14(20)7-5-13/h4-7H,8-10H2,1-3H3,(H,21,24). The van der Waals surface area contributed by atoms with Crippen LogP contribution in [0.25, 0.3) is 10.2 Å². The quantitative estimate of drug-likeness (QED) is 0.505. The highest BCUT2D eigenvalue weighted by atomic mass is 32.2. The average molecular weight is 406 g/mol. The van der Waals surface area contributed by atoms with Crippen LogP contribution in [0.5, 0.6) is 0 Å². The van der Waals surface area contributed by atoms with Crippen molar-refractivity contribution in [2.24, 2.45) is 7.05 Å². The maximum absolute atomic E-state index is 12.9. The first-order valence-electron chi connectivity index (χ1n) is 8.47. The number of hydrogen-bond acceptors (Lipinski definition) is 5. The van der Waals surface area contributed by atoms with Gasteiger partial charge in [0.2, 0.25) is 5.91 Å². The number of rotatable bonds is 6. The smallest absolute Gasteiger partial charge is 0.262 e. The monoisotopic (exact) mass is 405 g/mol. The Bertz CT molecular complexity index is 1040. The summed E-state index contributed by atoms with van der Waals surface area (Å²) in [5, 5.41) is 4.02. The molecule has 0 aliphatic heterocycles. The Kier molecular flexibility index (Phi) is 5.96. The van der Waals surface area contributed by atoms with Gasteiger partial charge in [0.15, 0.2) is 5.16 Å². The summed E-state index contributed by atoms with van der Waals surface area (Å²) < 4.78 is 14.4. The number of fused-ring (bicyclic) bond motifs is 1. The second-order valence-corrected chi connectivity index (χ2v) is 8.38. The first-order chi connectivity index (χ1) is 12.9. The largest absolute Gasteiger partial charge is 0.355 e. The van der Waals surface area contributed by atoms with E-state index < -0.39 is 0 Å². The predicted molar refractivity (Wildman–Crippen MR) is 108 cm³/mol. The molecule has 5 nitrogen and oxygen atoms in total. The van der Waals surface area contributed by atoms with Gasteiger partial charge in [0.25, 0.3) is 5.56 Å². The van der Waals surface area contributed by atoms with Crippen molar-refractivity contribution in [3.8, 4) is 0 Å². The van der Waals surface area contributed by atoms with Gasteiger partial charge in [0, 0.05) is 18.5 Å². The van der Waals surface area contributed by atoms with E-state index in [1.807, 2.05) is 13.8 Å². The third kappa shape index (κ3) is 4.39. The SMILES string of the molecule is Cc1sc2nc(SCC(=O)NCCc3ccc(F)cc3)n(C)c(=O)c2c1C. The third-order valence-electron chi connectivity index (χ3n) is 4.35. The number of amides is 1. The number of carbonyl (C=O) groups is 1. The van der Waals surface area contributed by atoms with E-state index in [9.17, 15) is 14.0 Å². The molecule has 0 unspecified atom stereocenters. The molecule has 8 heteroatoms. The first-order valence-corrected chi connectivity index (χ1v) is 10.3. The molecule has 0 bridgehead atoms. The second kappa shape index (κ2) is 8.22. The summed E-state index contributed by atoms with van der Waals surface area (Å²) in [6.07, 6.45) is 0.632. The molecule has 0 fully saturated rings. The summed E-state index contributed by atoms with van der Waals surface area (Å²) in [7, 11) is 1.68. The van der Waals surface area contributed by atoms with Crippen molar-refractivity contribution in [2.75, 3.05) is 12.3 Å². The fraction of sp³-hybridized carbons (Fsp3) is 0.316. The van der Waals surface area contributed by atoms with Crippen molar-refractivity contribution in [1.82, 2.24) is 14.9 Å². The van der Waals surface area contributed by atoms with E-state index in [0.717, 1.165) is 16.0 Å². The molecule has 27 heavy (non-hydrogen) atoms. The minimum absolute atomic E-state index is 0.0823. The highest BCUT2D eigenvalue weighted by Crippen LogP contribution is 2.27. The number of nitrogens with zero attached hydrogens (tertiary/aromatic N) is 2. The van der Waals surface area contributed by atoms with Crippen LogP contribution in [0.1, 0.15) is 16.0 Å². The molecule has 0 saturated carbocycles. The van der Waals surface area contributed by atoms with Gasteiger partial charge in [-0.15, -0.1) is 11.3 Å². The van der Waals surface area contributed by atoms with Crippen LogP contribution in [0, 0.1) is 19.7 Å². The van der Waals surface area contributed by atoms with Gasteiger partial charge in [-0.2, -0.15) is 0 Å². The second-order valence-electron chi connectivity index (χ2n) is 6.24. The summed E-state index contributed by atoms with van der Waals surface area (Å²) in [5.74, 6) is -0.223. The number of aryl methyl sites for hydroxylation is 2. The van der Waals surface area contributed by atoms with Crippen molar-refractivity contribution >= 4 is 39.2 Å². The molecule has 0 saturated heterocycles. The van der Waals surface area contributed by atoms with Crippen LogP contribution in [0.2, 0.25) is 0 Å². The molecule has 2 aromatic heterocycles. The number of thiophene rings is 1. The lowest BCUT2D eigenvalue weighted by molar-refractivity contribution is -0.118. The van der Waals surface area contributed by atoms with Gasteiger partial charge in [-0.3, -0.25) is 14.2 Å². The van der Waals surface area contributed by atoms with E-state index in [2.05, 4.69) is 10.3 Å². The summed E-state index contributed by atoms with van der Waals surface area (Å²) in [5.41, 5.74) is 1.85. The topological polar surface area (TPSA) is 64.0 Å². The minimum atomic E-state index is -0.273. The Labute approximate surface area is 164 Å². The molecular formula is C19H20FN3O2S2. The van der Waals surface area contributed by atoms with Crippen molar-refractivity contribution in [3.63, 3.8) is 0 Å². The van der Waals surface area contributed by atoms with Crippen LogP contribution in [0.15, 0.2) is 34.2 Å². The lowest BCUT2D eigenvalue weighted by Crippen LogP contribution is -2.28. The van der Waals surface area contributed by atoms with Gasteiger partial charge >= 0.3 is 0 Å². The molecule has 0 spiro atoms. The number of halogens is 1. The zero-order valence-electron chi connectivity index (χ0n) is 15.3. The van der Waals surface area contributed by atoms with Crippen LogP contribution < -0.4 is 10.9 Å². The molecule has 0 radical (unpaired) electrons. The zero-order valence-corrected chi connectivity index (χ0v) is 17.0. The molecule has 0 aliphatic rings. The maximum Gasteiger partial charge on any atom is 0.262 e. The molecule has 1 aromatic carbocycles. The molecule has 3 aromatic rings. The molecular weight excluding hydrogens is 385 g/mol. The number of hydrogen-bond donors (Lipinski definition) is 1. The maximum atomic E-state index is 12.9. The molecule has 0 aliphatic carbocycles. The fourth-order valence-corrected chi connectivity index (χ4v) is 4.54. The van der Waals surface area contributed by atoms with Crippen LogP contribution >= 0.6 is 23.1 Å². The molecule has 3 rings (SSSR count). The fourth-order valence-electron chi connectivity index (χ4n) is 2.66. The zero-order chi connectivity index (χ0) is 19.6. The van der Waals surface area contributed by atoms with Gasteiger partial charge in [0.1, 0.15) is 10.6 Å². The summed E-state index contributed by atoms with van der Waals surface area (Å²) >= 11 is 2.74. The van der Waals surface area contributed by atoms with E-state index in [-0.39, 0.29) is 23.0 Å². The van der Waals surface area contributed by atoms with Gasteiger partial charge in [-0.1, -0.05) is 23.9 Å². The predicted octanol–water partition coefficient (Wildman–Crippen LogP) is 3.20. The minimum Gasteiger partial charge on any atom is -0.355 e. The lowest BCUT2D eigenvalue weighted by Gasteiger charge is -2.08. The highest BCUT2D eigenvalue weighted by Gasteiger charge is 2.15. The van der Waals surface area contributed by atoms with Crippen LogP contribution in [-0.2, 0) is 18.3 Å². The number of carbonyl (C=O) groups excluding carboxylic acids is 1. The molecule has 0 atom stereocenters.